The summed E-state index contributed by atoms with van der Waals surface area (Å²) in [6, 6.07) is 6.40. The van der Waals surface area contributed by atoms with Crippen molar-refractivity contribution in [3.05, 3.63) is 39.0 Å². The number of aryl methyl sites for hydroxylation is 2. The van der Waals surface area contributed by atoms with Crippen LogP contribution in [0.25, 0.3) is 11.1 Å². The lowest BCUT2D eigenvalue weighted by Gasteiger charge is -2.04. The van der Waals surface area contributed by atoms with Crippen LogP contribution in [0.5, 0.6) is 0 Å². The zero-order chi connectivity index (χ0) is 11.0. The van der Waals surface area contributed by atoms with Gasteiger partial charge < -0.3 is 5.73 Å². The van der Waals surface area contributed by atoms with Gasteiger partial charge in [-0.25, -0.2) is 0 Å². The minimum atomic E-state index is 0.671. The highest BCUT2D eigenvalue weighted by Crippen LogP contribution is 2.37. The third kappa shape index (κ3) is 2.01. The summed E-state index contributed by atoms with van der Waals surface area (Å²) >= 11 is 7.43. The molecule has 1 heterocycles. The van der Waals surface area contributed by atoms with Crippen molar-refractivity contribution in [1.29, 1.82) is 0 Å². The van der Waals surface area contributed by atoms with Crippen molar-refractivity contribution < 1.29 is 0 Å². The van der Waals surface area contributed by atoms with E-state index in [1.54, 1.807) is 0 Å². The first kappa shape index (κ1) is 10.5. The van der Waals surface area contributed by atoms with Crippen LogP contribution in [0.2, 0.25) is 4.34 Å². The van der Waals surface area contributed by atoms with E-state index in [-0.39, 0.29) is 0 Å². The molecule has 1 aromatic heterocycles. The van der Waals surface area contributed by atoms with Crippen molar-refractivity contribution in [2.24, 2.45) is 0 Å². The topological polar surface area (TPSA) is 26.0 Å². The van der Waals surface area contributed by atoms with Crippen LogP contribution >= 0.6 is 22.9 Å². The number of hydrogen-bond donors (Lipinski definition) is 1. The Morgan fingerprint density at radius 1 is 1.13 bits per heavy atom. The van der Waals surface area contributed by atoms with Crippen LogP contribution in [0.15, 0.2) is 23.6 Å². The van der Waals surface area contributed by atoms with Crippen LogP contribution in [0.4, 0.5) is 5.69 Å². The Morgan fingerprint density at radius 3 is 2.20 bits per heavy atom. The molecule has 0 amide bonds. The fourth-order valence-corrected chi connectivity index (χ4v) is 2.65. The summed E-state index contributed by atoms with van der Waals surface area (Å²) in [7, 11) is 0. The number of rotatable bonds is 1. The molecule has 0 radical (unpaired) electrons. The molecule has 2 N–H and O–H groups in total. The predicted molar refractivity (Wildman–Crippen MR) is 68.7 cm³/mol. The molecular formula is C12H12ClNS. The molecule has 0 saturated carbocycles. The molecular weight excluding hydrogens is 226 g/mol. The van der Waals surface area contributed by atoms with E-state index in [2.05, 4.69) is 32.0 Å². The first-order valence-electron chi connectivity index (χ1n) is 4.69. The molecule has 78 valence electrons. The summed E-state index contributed by atoms with van der Waals surface area (Å²) in [6.45, 7) is 4.17. The zero-order valence-corrected chi connectivity index (χ0v) is 10.2. The summed E-state index contributed by atoms with van der Waals surface area (Å²) in [4.78, 5) is 0. The molecule has 0 aliphatic heterocycles. The lowest BCUT2D eigenvalue weighted by molar-refractivity contribution is 1.39. The van der Waals surface area contributed by atoms with Crippen molar-refractivity contribution in [2.45, 2.75) is 13.8 Å². The van der Waals surface area contributed by atoms with Crippen molar-refractivity contribution in [1.82, 2.24) is 0 Å². The van der Waals surface area contributed by atoms with Gasteiger partial charge in [0, 0.05) is 10.9 Å². The minimum Gasteiger partial charge on any atom is -0.396 e. The van der Waals surface area contributed by atoms with Crippen molar-refractivity contribution in [3.63, 3.8) is 0 Å². The first-order valence-corrected chi connectivity index (χ1v) is 5.95. The van der Waals surface area contributed by atoms with Crippen LogP contribution in [0.1, 0.15) is 11.1 Å². The van der Waals surface area contributed by atoms with E-state index < -0.39 is 0 Å². The van der Waals surface area contributed by atoms with Gasteiger partial charge in [-0.3, -0.25) is 0 Å². The Bertz CT molecular complexity index is 482. The van der Waals surface area contributed by atoms with E-state index in [4.69, 9.17) is 17.3 Å². The second kappa shape index (κ2) is 3.87. The van der Waals surface area contributed by atoms with Gasteiger partial charge in [0.25, 0.3) is 0 Å². The fraction of sp³-hybridized carbons (Fsp3) is 0.167. The molecule has 0 atom stereocenters. The molecule has 0 bridgehead atoms. The maximum absolute atomic E-state index is 5.95. The van der Waals surface area contributed by atoms with Gasteiger partial charge in [0.05, 0.1) is 5.69 Å². The van der Waals surface area contributed by atoms with Crippen LogP contribution in [-0.2, 0) is 0 Å². The average Bonchev–Trinajstić information content (AvgIpc) is 2.46. The highest BCUT2D eigenvalue weighted by atomic mass is 35.5. The van der Waals surface area contributed by atoms with Gasteiger partial charge in [-0.2, -0.15) is 0 Å². The van der Waals surface area contributed by atoms with E-state index in [1.807, 2.05) is 5.38 Å². The van der Waals surface area contributed by atoms with Crippen LogP contribution in [-0.4, -0.2) is 0 Å². The van der Waals surface area contributed by atoms with Crippen LogP contribution in [0.3, 0.4) is 0 Å². The van der Waals surface area contributed by atoms with Gasteiger partial charge in [0.2, 0.25) is 0 Å². The van der Waals surface area contributed by atoms with Gasteiger partial charge in [-0.1, -0.05) is 40.9 Å². The highest BCUT2D eigenvalue weighted by Gasteiger charge is 2.08. The number of thiophene rings is 1. The quantitative estimate of drug-likeness (QED) is 0.788. The molecule has 0 spiro atoms. The smallest absolute Gasteiger partial charge is 0.116 e. The van der Waals surface area contributed by atoms with Crippen LogP contribution in [0, 0.1) is 13.8 Å². The standard InChI is InChI=1S/C12H12ClNS/c1-7-3-8(2)5-9(4-7)10-6-15-12(13)11(10)14/h3-6H,14H2,1-2H3. The van der Waals surface area contributed by atoms with Gasteiger partial charge in [0.15, 0.2) is 0 Å². The van der Waals surface area contributed by atoms with Crippen molar-refractivity contribution >= 4 is 28.6 Å². The molecule has 0 saturated heterocycles. The molecule has 0 aliphatic rings. The maximum Gasteiger partial charge on any atom is 0.116 e. The molecule has 0 unspecified atom stereocenters. The van der Waals surface area contributed by atoms with E-state index in [0.717, 1.165) is 11.1 Å². The Kier molecular flexibility index (Phi) is 2.72. The lowest BCUT2D eigenvalue weighted by Crippen LogP contribution is -1.87. The number of nitrogens with two attached hydrogens (primary N) is 1. The second-order valence-electron chi connectivity index (χ2n) is 3.71. The van der Waals surface area contributed by atoms with E-state index in [9.17, 15) is 0 Å². The first-order chi connectivity index (χ1) is 7.08. The number of benzene rings is 1. The molecule has 15 heavy (non-hydrogen) atoms. The number of anilines is 1. The van der Waals surface area contributed by atoms with Crippen molar-refractivity contribution in [3.8, 4) is 11.1 Å². The Labute approximate surface area is 98.5 Å². The van der Waals surface area contributed by atoms with E-state index in [0.29, 0.717) is 10.0 Å². The van der Waals surface area contributed by atoms with Crippen molar-refractivity contribution in [2.75, 3.05) is 5.73 Å². The molecule has 0 aliphatic carbocycles. The Hall–Kier alpha value is -0.990. The molecule has 1 aromatic carbocycles. The fourth-order valence-electron chi connectivity index (χ4n) is 1.70. The third-order valence-electron chi connectivity index (χ3n) is 2.31. The minimum absolute atomic E-state index is 0.671. The van der Waals surface area contributed by atoms with Gasteiger partial charge in [0.1, 0.15) is 4.34 Å². The highest BCUT2D eigenvalue weighted by molar-refractivity contribution is 7.15. The summed E-state index contributed by atoms with van der Waals surface area (Å²) in [5.74, 6) is 0. The van der Waals surface area contributed by atoms with E-state index in [1.165, 1.54) is 22.5 Å². The molecule has 3 heteroatoms. The SMILES string of the molecule is Cc1cc(C)cc(-c2csc(Cl)c2N)c1. The normalized spacial score (nSPS) is 10.6. The number of hydrogen-bond acceptors (Lipinski definition) is 2. The molecule has 1 nitrogen and oxygen atoms in total. The van der Waals surface area contributed by atoms with Gasteiger partial charge >= 0.3 is 0 Å². The summed E-state index contributed by atoms with van der Waals surface area (Å²) < 4.78 is 0.671. The second-order valence-corrected chi connectivity index (χ2v) is 5.19. The van der Waals surface area contributed by atoms with Gasteiger partial charge in [-0.15, -0.1) is 11.3 Å². The predicted octanol–water partition coefficient (Wildman–Crippen LogP) is 4.27. The molecule has 2 rings (SSSR count). The monoisotopic (exact) mass is 237 g/mol. The molecule has 0 fully saturated rings. The average molecular weight is 238 g/mol. The summed E-state index contributed by atoms with van der Waals surface area (Å²) in [5, 5.41) is 2.01. The maximum atomic E-state index is 5.95. The Morgan fingerprint density at radius 2 is 1.73 bits per heavy atom. The number of halogens is 1. The summed E-state index contributed by atoms with van der Waals surface area (Å²) in [6.07, 6.45) is 0. The summed E-state index contributed by atoms with van der Waals surface area (Å²) in [5.41, 5.74) is 11.3. The largest absolute Gasteiger partial charge is 0.396 e. The lowest BCUT2D eigenvalue weighted by atomic mass is 10.0. The molecule has 2 aromatic rings. The van der Waals surface area contributed by atoms with E-state index >= 15 is 0 Å². The van der Waals surface area contributed by atoms with Crippen LogP contribution < -0.4 is 5.73 Å². The number of nitrogen functional groups attached to an aromatic ring is 1. The third-order valence-corrected chi connectivity index (χ3v) is 3.57. The zero-order valence-electron chi connectivity index (χ0n) is 8.67. The Balaban J connectivity index is 2.58. The van der Waals surface area contributed by atoms with Gasteiger partial charge in [-0.05, 0) is 19.4 Å².